The van der Waals surface area contributed by atoms with Crippen LogP contribution in [0, 0.1) is 6.92 Å². The van der Waals surface area contributed by atoms with Gasteiger partial charge in [0.05, 0.1) is 28.3 Å². The minimum atomic E-state index is -0.387. The molecule has 4 aromatic rings. The number of tetrazole rings is 1. The maximum absolute atomic E-state index is 12.6. The number of aromatic nitrogens is 5. The Hall–Kier alpha value is -3.13. The summed E-state index contributed by atoms with van der Waals surface area (Å²) in [5.74, 6) is 0.169. The van der Waals surface area contributed by atoms with Crippen molar-refractivity contribution in [2.24, 2.45) is 0 Å². The van der Waals surface area contributed by atoms with Gasteiger partial charge in [-0.05, 0) is 42.1 Å². The highest BCUT2D eigenvalue weighted by molar-refractivity contribution is 7.13. The molecule has 0 saturated carbocycles. The van der Waals surface area contributed by atoms with Gasteiger partial charge in [0.25, 0.3) is 0 Å². The third-order valence-corrected chi connectivity index (χ3v) is 5.06. The molecule has 0 N–H and O–H groups in total. The van der Waals surface area contributed by atoms with E-state index in [0.717, 1.165) is 21.3 Å². The van der Waals surface area contributed by atoms with Crippen LogP contribution in [0.15, 0.2) is 41.8 Å². The lowest BCUT2D eigenvalue weighted by atomic mass is 10.0. The zero-order valence-electron chi connectivity index (χ0n) is 14.9. The average molecular weight is 379 g/mol. The van der Waals surface area contributed by atoms with E-state index in [-0.39, 0.29) is 12.5 Å². The summed E-state index contributed by atoms with van der Waals surface area (Å²) in [6.45, 7) is 4.23. The Labute approximate surface area is 159 Å². The number of hydrogen-bond acceptors (Lipinski definition) is 7. The van der Waals surface area contributed by atoms with Crippen LogP contribution in [0.2, 0.25) is 0 Å². The Morgan fingerprint density at radius 1 is 1.22 bits per heavy atom. The van der Waals surface area contributed by atoms with Crippen LogP contribution in [-0.4, -0.2) is 37.8 Å². The van der Waals surface area contributed by atoms with Gasteiger partial charge >= 0.3 is 5.97 Å². The molecule has 1 aromatic carbocycles. The summed E-state index contributed by atoms with van der Waals surface area (Å²) in [5.41, 5.74) is 2.69. The minimum absolute atomic E-state index is 0.234. The second-order valence-electron chi connectivity index (χ2n) is 5.92. The van der Waals surface area contributed by atoms with Crippen molar-refractivity contribution in [3.05, 3.63) is 58.6 Å². The van der Waals surface area contributed by atoms with Gasteiger partial charge in [-0.1, -0.05) is 24.3 Å². The van der Waals surface area contributed by atoms with Gasteiger partial charge in [0.1, 0.15) is 6.54 Å². The normalized spacial score (nSPS) is 11.0. The number of carbonyl (C=O) groups is 1. The quantitative estimate of drug-likeness (QED) is 0.494. The number of esters is 1. The van der Waals surface area contributed by atoms with E-state index in [1.165, 1.54) is 4.80 Å². The van der Waals surface area contributed by atoms with Gasteiger partial charge in [0, 0.05) is 5.39 Å². The molecule has 7 nitrogen and oxygen atoms in total. The van der Waals surface area contributed by atoms with Crippen molar-refractivity contribution < 1.29 is 9.53 Å². The van der Waals surface area contributed by atoms with Crippen LogP contribution < -0.4 is 0 Å². The fourth-order valence-electron chi connectivity index (χ4n) is 2.98. The molecule has 3 heterocycles. The molecule has 0 radical (unpaired) electrons. The number of carbonyl (C=O) groups excluding carboxylic acids is 1. The van der Waals surface area contributed by atoms with Crippen molar-refractivity contribution in [2.45, 2.75) is 20.4 Å². The number of fused-ring (bicyclic) bond motifs is 1. The van der Waals surface area contributed by atoms with E-state index in [1.807, 2.05) is 48.7 Å². The van der Waals surface area contributed by atoms with Crippen LogP contribution in [0.5, 0.6) is 0 Å². The first-order chi connectivity index (χ1) is 13.2. The molecule has 3 aromatic heterocycles. The van der Waals surface area contributed by atoms with Crippen molar-refractivity contribution in [1.29, 1.82) is 0 Å². The Morgan fingerprint density at radius 2 is 2.07 bits per heavy atom. The highest BCUT2D eigenvalue weighted by Crippen LogP contribution is 2.25. The maximum Gasteiger partial charge on any atom is 0.340 e. The minimum Gasteiger partial charge on any atom is -0.462 e. The number of hydrogen-bond donors (Lipinski definition) is 0. The number of pyridine rings is 1. The summed E-state index contributed by atoms with van der Waals surface area (Å²) in [4.78, 5) is 19.7. The molecule has 136 valence electrons. The van der Waals surface area contributed by atoms with E-state index >= 15 is 0 Å². The van der Waals surface area contributed by atoms with E-state index in [9.17, 15) is 4.79 Å². The second kappa shape index (κ2) is 7.24. The lowest BCUT2D eigenvalue weighted by molar-refractivity contribution is 0.0523. The van der Waals surface area contributed by atoms with E-state index in [0.29, 0.717) is 23.7 Å². The molecule has 27 heavy (non-hydrogen) atoms. The lowest BCUT2D eigenvalue weighted by Crippen LogP contribution is -2.16. The van der Waals surface area contributed by atoms with Crippen molar-refractivity contribution in [1.82, 2.24) is 25.2 Å². The SMILES string of the molecule is CCOC(=O)c1c(Cn2nnc(-c3cccs3)n2)nc2ccccc2c1C. The van der Waals surface area contributed by atoms with Crippen LogP contribution in [-0.2, 0) is 11.3 Å². The largest absolute Gasteiger partial charge is 0.462 e. The van der Waals surface area contributed by atoms with E-state index < -0.39 is 0 Å². The number of benzene rings is 1. The van der Waals surface area contributed by atoms with Crippen LogP contribution in [0.25, 0.3) is 21.6 Å². The lowest BCUT2D eigenvalue weighted by Gasteiger charge is -2.13. The first-order valence-corrected chi connectivity index (χ1v) is 9.42. The number of nitrogens with zero attached hydrogens (tertiary/aromatic N) is 5. The predicted octanol–water partition coefficient (Wildman–Crippen LogP) is 3.48. The highest BCUT2D eigenvalue weighted by atomic mass is 32.1. The fraction of sp³-hybridized carbons (Fsp3) is 0.211. The molecule has 8 heteroatoms. The Kier molecular flexibility index (Phi) is 4.64. The van der Waals surface area contributed by atoms with Crippen molar-refractivity contribution in [3.63, 3.8) is 0 Å². The summed E-state index contributed by atoms with van der Waals surface area (Å²) < 4.78 is 5.26. The number of thiophene rings is 1. The number of aryl methyl sites for hydroxylation is 1. The first-order valence-electron chi connectivity index (χ1n) is 8.54. The summed E-state index contributed by atoms with van der Waals surface area (Å²) in [6.07, 6.45) is 0. The molecule has 0 saturated heterocycles. The number of rotatable bonds is 5. The smallest absolute Gasteiger partial charge is 0.340 e. The second-order valence-corrected chi connectivity index (χ2v) is 6.86. The monoisotopic (exact) mass is 379 g/mol. The van der Waals surface area contributed by atoms with Crippen molar-refractivity contribution in [2.75, 3.05) is 6.61 Å². The van der Waals surface area contributed by atoms with E-state index in [1.54, 1.807) is 18.3 Å². The summed E-state index contributed by atoms with van der Waals surface area (Å²) >= 11 is 1.55. The first kappa shape index (κ1) is 17.3. The molecule has 0 aliphatic rings. The molecular formula is C19H17N5O2S. The van der Waals surface area contributed by atoms with Crippen molar-refractivity contribution in [3.8, 4) is 10.7 Å². The molecule has 0 unspecified atom stereocenters. The van der Waals surface area contributed by atoms with Crippen LogP contribution >= 0.6 is 11.3 Å². The molecule has 0 spiro atoms. The van der Waals surface area contributed by atoms with E-state index in [2.05, 4.69) is 20.4 Å². The van der Waals surface area contributed by atoms with Crippen LogP contribution in [0.3, 0.4) is 0 Å². The van der Waals surface area contributed by atoms with E-state index in [4.69, 9.17) is 4.74 Å². The fourth-order valence-corrected chi connectivity index (χ4v) is 3.63. The number of para-hydroxylation sites is 1. The molecular weight excluding hydrogens is 362 g/mol. The summed E-state index contributed by atoms with van der Waals surface area (Å²) in [6, 6.07) is 11.6. The predicted molar refractivity (Wildman–Crippen MR) is 103 cm³/mol. The summed E-state index contributed by atoms with van der Waals surface area (Å²) in [5, 5.41) is 15.5. The van der Waals surface area contributed by atoms with Gasteiger partial charge in [-0.3, -0.25) is 0 Å². The van der Waals surface area contributed by atoms with Gasteiger partial charge in [-0.2, -0.15) is 4.80 Å². The standard InChI is InChI=1S/C19H17N5O2S/c1-3-26-19(25)17-12(2)13-7-4-5-8-14(13)20-15(17)11-24-22-18(21-23-24)16-9-6-10-27-16/h4-10H,3,11H2,1-2H3. The Balaban J connectivity index is 1.78. The average Bonchev–Trinajstić information content (AvgIpc) is 3.33. The third kappa shape index (κ3) is 3.31. The third-order valence-electron chi connectivity index (χ3n) is 4.19. The van der Waals surface area contributed by atoms with Crippen molar-refractivity contribution >= 4 is 28.2 Å². The topological polar surface area (TPSA) is 82.8 Å². The molecule has 0 aliphatic heterocycles. The molecule has 0 aliphatic carbocycles. The number of ether oxygens (including phenoxy) is 1. The van der Waals surface area contributed by atoms with Crippen LogP contribution in [0.4, 0.5) is 0 Å². The van der Waals surface area contributed by atoms with Gasteiger partial charge in [0.15, 0.2) is 0 Å². The molecule has 0 bridgehead atoms. The highest BCUT2D eigenvalue weighted by Gasteiger charge is 2.21. The summed E-state index contributed by atoms with van der Waals surface area (Å²) in [7, 11) is 0. The van der Waals surface area contributed by atoms with Gasteiger partial charge in [-0.15, -0.1) is 21.5 Å². The van der Waals surface area contributed by atoms with Crippen LogP contribution in [0.1, 0.15) is 28.5 Å². The molecule has 0 atom stereocenters. The molecule has 4 rings (SSSR count). The van der Waals surface area contributed by atoms with Gasteiger partial charge in [-0.25, -0.2) is 9.78 Å². The van der Waals surface area contributed by atoms with Gasteiger partial charge < -0.3 is 4.74 Å². The molecule has 0 fully saturated rings. The Bertz CT molecular complexity index is 1100. The van der Waals surface area contributed by atoms with Gasteiger partial charge in [0.2, 0.25) is 5.82 Å². The Morgan fingerprint density at radius 3 is 2.85 bits per heavy atom. The zero-order chi connectivity index (χ0) is 18.8. The zero-order valence-corrected chi connectivity index (χ0v) is 15.7. The molecule has 0 amide bonds. The maximum atomic E-state index is 12.6.